The summed E-state index contributed by atoms with van der Waals surface area (Å²) in [4.78, 5) is 17.3. The summed E-state index contributed by atoms with van der Waals surface area (Å²) in [6.45, 7) is 2.41. The molecule has 0 radical (unpaired) electrons. The van der Waals surface area contributed by atoms with Crippen molar-refractivity contribution in [2.24, 2.45) is 12.8 Å². The maximum atomic E-state index is 11.8. The summed E-state index contributed by atoms with van der Waals surface area (Å²) in [5.74, 6) is -0.0534. The quantitative estimate of drug-likeness (QED) is 0.730. The third kappa shape index (κ3) is 2.32. The SMILES string of the molecule is CC(N)CN(C)C(=O)c1cncn1C. The van der Waals surface area contributed by atoms with Gasteiger partial charge in [0.1, 0.15) is 5.69 Å². The number of aromatic nitrogens is 2. The lowest BCUT2D eigenvalue weighted by Crippen LogP contribution is -2.37. The van der Waals surface area contributed by atoms with Crippen LogP contribution in [-0.4, -0.2) is 40.0 Å². The van der Waals surface area contributed by atoms with Crippen LogP contribution in [0.5, 0.6) is 0 Å². The van der Waals surface area contributed by atoms with Crippen molar-refractivity contribution in [1.82, 2.24) is 14.5 Å². The van der Waals surface area contributed by atoms with E-state index in [9.17, 15) is 4.79 Å². The standard InChI is InChI=1S/C9H16N4O/c1-7(10)5-12(2)9(14)8-4-11-6-13(8)3/h4,6-7H,5,10H2,1-3H3. The van der Waals surface area contributed by atoms with Crippen molar-refractivity contribution < 1.29 is 4.79 Å². The Labute approximate surface area is 83.5 Å². The second-order valence-corrected chi connectivity index (χ2v) is 3.55. The molecule has 0 saturated carbocycles. The van der Waals surface area contributed by atoms with Gasteiger partial charge in [-0.05, 0) is 6.92 Å². The van der Waals surface area contributed by atoms with Crippen LogP contribution < -0.4 is 5.73 Å². The number of carbonyl (C=O) groups is 1. The molecule has 0 spiro atoms. The fraction of sp³-hybridized carbons (Fsp3) is 0.556. The molecule has 78 valence electrons. The highest BCUT2D eigenvalue weighted by atomic mass is 16.2. The number of hydrogen-bond acceptors (Lipinski definition) is 3. The first kappa shape index (κ1) is 10.7. The summed E-state index contributed by atoms with van der Waals surface area (Å²) in [5, 5.41) is 0. The van der Waals surface area contributed by atoms with Crippen LogP contribution in [0.25, 0.3) is 0 Å². The smallest absolute Gasteiger partial charge is 0.271 e. The average molecular weight is 196 g/mol. The number of likely N-dealkylation sites (N-methyl/N-ethyl adjacent to an activating group) is 1. The highest BCUT2D eigenvalue weighted by molar-refractivity contribution is 5.92. The molecule has 1 rings (SSSR count). The fourth-order valence-corrected chi connectivity index (χ4v) is 1.27. The van der Waals surface area contributed by atoms with Gasteiger partial charge in [-0.2, -0.15) is 0 Å². The number of rotatable bonds is 3. The number of aryl methyl sites for hydroxylation is 1. The zero-order chi connectivity index (χ0) is 10.7. The molecular formula is C9H16N4O. The Balaban J connectivity index is 2.71. The van der Waals surface area contributed by atoms with Crippen molar-refractivity contribution in [3.05, 3.63) is 18.2 Å². The fourth-order valence-electron chi connectivity index (χ4n) is 1.27. The Hall–Kier alpha value is -1.36. The third-order valence-electron chi connectivity index (χ3n) is 1.94. The van der Waals surface area contributed by atoms with Gasteiger partial charge in [-0.15, -0.1) is 0 Å². The van der Waals surface area contributed by atoms with Crippen molar-refractivity contribution in [2.75, 3.05) is 13.6 Å². The molecule has 0 aliphatic carbocycles. The molecule has 0 aromatic carbocycles. The van der Waals surface area contributed by atoms with Crippen LogP contribution >= 0.6 is 0 Å². The summed E-state index contributed by atoms with van der Waals surface area (Å²) < 4.78 is 1.69. The lowest BCUT2D eigenvalue weighted by atomic mass is 10.3. The molecule has 1 atom stereocenters. The zero-order valence-electron chi connectivity index (χ0n) is 8.77. The molecule has 0 saturated heterocycles. The van der Waals surface area contributed by atoms with E-state index in [1.807, 2.05) is 6.92 Å². The summed E-state index contributed by atoms with van der Waals surface area (Å²) in [5.41, 5.74) is 6.18. The van der Waals surface area contributed by atoms with Crippen molar-refractivity contribution in [1.29, 1.82) is 0 Å². The minimum absolute atomic E-state index is 0.0165. The van der Waals surface area contributed by atoms with Crippen LogP contribution in [-0.2, 0) is 7.05 Å². The Bertz CT molecular complexity index is 318. The van der Waals surface area contributed by atoms with Crippen LogP contribution in [0.2, 0.25) is 0 Å². The average Bonchev–Trinajstić information content (AvgIpc) is 2.48. The summed E-state index contributed by atoms with van der Waals surface area (Å²) >= 11 is 0. The van der Waals surface area contributed by atoms with Crippen LogP contribution in [0.4, 0.5) is 0 Å². The second-order valence-electron chi connectivity index (χ2n) is 3.55. The second kappa shape index (κ2) is 4.23. The van der Waals surface area contributed by atoms with Crippen LogP contribution in [0.15, 0.2) is 12.5 Å². The number of carbonyl (C=O) groups excluding carboxylic acids is 1. The van der Waals surface area contributed by atoms with Crippen molar-refractivity contribution in [3.8, 4) is 0 Å². The van der Waals surface area contributed by atoms with Gasteiger partial charge in [0.15, 0.2) is 0 Å². The predicted molar refractivity (Wildman–Crippen MR) is 53.8 cm³/mol. The summed E-state index contributed by atoms with van der Waals surface area (Å²) in [6.07, 6.45) is 3.16. The maximum Gasteiger partial charge on any atom is 0.271 e. The van der Waals surface area contributed by atoms with E-state index in [0.29, 0.717) is 12.2 Å². The van der Waals surface area contributed by atoms with Gasteiger partial charge in [-0.25, -0.2) is 4.98 Å². The number of imidazole rings is 1. The number of nitrogens with two attached hydrogens (primary N) is 1. The Morgan fingerprint density at radius 1 is 1.79 bits per heavy atom. The van der Waals surface area contributed by atoms with E-state index >= 15 is 0 Å². The first-order chi connectivity index (χ1) is 6.52. The normalized spacial score (nSPS) is 12.6. The van der Waals surface area contributed by atoms with E-state index in [1.165, 1.54) is 0 Å². The Morgan fingerprint density at radius 2 is 2.43 bits per heavy atom. The monoisotopic (exact) mass is 196 g/mol. The van der Waals surface area contributed by atoms with E-state index in [-0.39, 0.29) is 11.9 Å². The van der Waals surface area contributed by atoms with E-state index in [0.717, 1.165) is 0 Å². The van der Waals surface area contributed by atoms with Gasteiger partial charge < -0.3 is 15.2 Å². The van der Waals surface area contributed by atoms with Gasteiger partial charge in [-0.1, -0.05) is 0 Å². The number of nitrogens with zero attached hydrogens (tertiary/aromatic N) is 3. The molecule has 0 fully saturated rings. The van der Waals surface area contributed by atoms with Gasteiger partial charge in [0.2, 0.25) is 0 Å². The summed E-state index contributed by atoms with van der Waals surface area (Å²) in [7, 11) is 3.53. The van der Waals surface area contributed by atoms with E-state index in [1.54, 1.807) is 36.1 Å². The topological polar surface area (TPSA) is 64.2 Å². The maximum absolute atomic E-state index is 11.8. The van der Waals surface area contributed by atoms with E-state index in [4.69, 9.17) is 5.73 Å². The molecule has 1 unspecified atom stereocenters. The molecule has 14 heavy (non-hydrogen) atoms. The van der Waals surface area contributed by atoms with Crippen molar-refractivity contribution in [3.63, 3.8) is 0 Å². The molecule has 1 aromatic rings. The minimum Gasteiger partial charge on any atom is -0.339 e. The van der Waals surface area contributed by atoms with Crippen molar-refractivity contribution >= 4 is 5.91 Å². The van der Waals surface area contributed by atoms with Crippen LogP contribution in [0.1, 0.15) is 17.4 Å². The molecule has 2 N–H and O–H groups in total. The van der Waals surface area contributed by atoms with Crippen molar-refractivity contribution in [2.45, 2.75) is 13.0 Å². The molecule has 1 amide bonds. The minimum atomic E-state index is -0.0534. The van der Waals surface area contributed by atoms with Crippen LogP contribution in [0, 0.1) is 0 Å². The molecule has 0 aliphatic rings. The van der Waals surface area contributed by atoms with E-state index < -0.39 is 0 Å². The number of amides is 1. The first-order valence-corrected chi connectivity index (χ1v) is 4.49. The third-order valence-corrected chi connectivity index (χ3v) is 1.94. The molecular weight excluding hydrogens is 180 g/mol. The first-order valence-electron chi connectivity index (χ1n) is 4.49. The van der Waals surface area contributed by atoms with Gasteiger partial charge in [-0.3, -0.25) is 4.79 Å². The molecule has 0 aliphatic heterocycles. The van der Waals surface area contributed by atoms with Crippen LogP contribution in [0.3, 0.4) is 0 Å². The molecule has 1 aromatic heterocycles. The van der Waals surface area contributed by atoms with E-state index in [2.05, 4.69) is 4.98 Å². The lowest BCUT2D eigenvalue weighted by Gasteiger charge is -2.19. The highest BCUT2D eigenvalue weighted by Crippen LogP contribution is 2.01. The largest absolute Gasteiger partial charge is 0.339 e. The predicted octanol–water partition coefficient (Wildman–Crippen LogP) is -0.161. The highest BCUT2D eigenvalue weighted by Gasteiger charge is 2.15. The van der Waals surface area contributed by atoms with Gasteiger partial charge in [0, 0.05) is 26.7 Å². The Kier molecular flexibility index (Phi) is 3.24. The Morgan fingerprint density at radius 3 is 2.86 bits per heavy atom. The molecule has 5 heteroatoms. The molecule has 1 heterocycles. The van der Waals surface area contributed by atoms with Gasteiger partial charge in [0.05, 0.1) is 12.5 Å². The molecule has 5 nitrogen and oxygen atoms in total. The van der Waals surface area contributed by atoms with Gasteiger partial charge in [0.25, 0.3) is 5.91 Å². The number of hydrogen-bond donors (Lipinski definition) is 1. The molecule has 0 bridgehead atoms. The van der Waals surface area contributed by atoms with Gasteiger partial charge >= 0.3 is 0 Å². The zero-order valence-corrected chi connectivity index (χ0v) is 8.77. The lowest BCUT2D eigenvalue weighted by molar-refractivity contribution is 0.0779. The summed E-state index contributed by atoms with van der Waals surface area (Å²) in [6, 6.07) is -0.0165.